The quantitative estimate of drug-likeness (QED) is 0.625. The Kier molecular flexibility index (Phi) is 8.14. The highest BCUT2D eigenvalue weighted by atomic mass is 16.5. The highest BCUT2D eigenvalue weighted by molar-refractivity contribution is 6.05. The van der Waals surface area contributed by atoms with E-state index in [0.29, 0.717) is 47.3 Å². The Morgan fingerprint density at radius 2 is 1.09 bits per heavy atom. The maximum atomic E-state index is 13.2. The van der Waals surface area contributed by atoms with Gasteiger partial charge in [-0.25, -0.2) is 0 Å². The molecule has 1 aliphatic heterocycles. The molecule has 0 fully saturated rings. The molecule has 0 N–H and O–H groups in total. The minimum atomic E-state index is -0.505. The second-order valence-corrected chi connectivity index (χ2v) is 8.15. The first-order chi connectivity index (χ1) is 15.5. The van der Waals surface area contributed by atoms with E-state index in [1.807, 2.05) is 0 Å². The highest BCUT2D eigenvalue weighted by Crippen LogP contribution is 2.33. The van der Waals surface area contributed by atoms with Crippen LogP contribution in [0.4, 0.5) is 0 Å². The van der Waals surface area contributed by atoms with E-state index in [4.69, 9.17) is 18.9 Å². The summed E-state index contributed by atoms with van der Waals surface area (Å²) in [4.78, 5) is 26.4. The Hall–Kier alpha value is -3.02. The molecule has 0 spiro atoms. The molecule has 6 heteroatoms. The molecule has 0 aliphatic carbocycles. The molecule has 4 bridgehead atoms. The number of rotatable bonds is 2. The molecule has 0 saturated carbocycles. The summed E-state index contributed by atoms with van der Waals surface area (Å²) in [6.45, 7) is 4.65. The van der Waals surface area contributed by atoms with Gasteiger partial charge in [-0.2, -0.15) is 0 Å². The van der Waals surface area contributed by atoms with E-state index in [1.54, 1.807) is 64.5 Å². The van der Waals surface area contributed by atoms with Gasteiger partial charge in [-0.15, -0.1) is 0 Å². The van der Waals surface area contributed by atoms with Crippen molar-refractivity contribution in [2.24, 2.45) is 11.8 Å². The fourth-order valence-electron chi connectivity index (χ4n) is 3.79. The Labute approximate surface area is 189 Å². The number of ketones is 2. The van der Waals surface area contributed by atoms with E-state index in [9.17, 15) is 9.59 Å². The number of Topliss-reactive ketones (excluding diaryl/α,β-unsaturated/α-hetero) is 2. The smallest absolute Gasteiger partial charge is 0.166 e. The molecule has 0 radical (unpaired) electrons. The number of ether oxygens (including phenoxy) is 4. The maximum absolute atomic E-state index is 13.2. The number of methoxy groups -OCH3 is 2. The van der Waals surface area contributed by atoms with Crippen LogP contribution in [0.25, 0.3) is 0 Å². The zero-order valence-corrected chi connectivity index (χ0v) is 19.3. The van der Waals surface area contributed by atoms with E-state index in [2.05, 4.69) is 0 Å². The van der Waals surface area contributed by atoms with Gasteiger partial charge in [0.15, 0.2) is 34.6 Å². The molecule has 1 heterocycles. The average Bonchev–Trinajstić information content (AvgIpc) is 2.82. The van der Waals surface area contributed by atoms with Gasteiger partial charge in [0.25, 0.3) is 0 Å². The molecular formula is C26H32O6. The molecule has 2 atom stereocenters. The third-order valence-electron chi connectivity index (χ3n) is 6.03. The number of fused-ring (bicyclic) bond motifs is 4. The number of hydrogen-bond acceptors (Lipinski definition) is 6. The average molecular weight is 441 g/mol. The maximum Gasteiger partial charge on any atom is 0.166 e. The van der Waals surface area contributed by atoms with Crippen LogP contribution in [0.3, 0.4) is 0 Å². The van der Waals surface area contributed by atoms with Crippen LogP contribution in [0.15, 0.2) is 36.4 Å². The third-order valence-corrected chi connectivity index (χ3v) is 6.03. The normalized spacial score (nSPS) is 20.4. The lowest BCUT2D eigenvalue weighted by atomic mass is 9.83. The largest absolute Gasteiger partial charge is 0.493 e. The van der Waals surface area contributed by atoms with Gasteiger partial charge < -0.3 is 18.9 Å². The van der Waals surface area contributed by atoms with Gasteiger partial charge in [-0.3, -0.25) is 9.59 Å². The van der Waals surface area contributed by atoms with Crippen LogP contribution in [-0.2, 0) is 0 Å². The van der Waals surface area contributed by atoms with Crippen molar-refractivity contribution in [3.05, 3.63) is 47.5 Å². The summed E-state index contributed by atoms with van der Waals surface area (Å²) in [6.07, 6.45) is 3.77. The van der Waals surface area contributed by atoms with E-state index in [1.165, 1.54) is 0 Å². The predicted molar refractivity (Wildman–Crippen MR) is 122 cm³/mol. The number of hydrogen-bond donors (Lipinski definition) is 0. The van der Waals surface area contributed by atoms with Crippen molar-refractivity contribution in [3.8, 4) is 23.0 Å². The van der Waals surface area contributed by atoms with Crippen molar-refractivity contribution in [1.29, 1.82) is 0 Å². The number of benzene rings is 2. The Morgan fingerprint density at radius 3 is 1.47 bits per heavy atom. The molecule has 0 amide bonds. The molecule has 6 nitrogen and oxygen atoms in total. The summed E-state index contributed by atoms with van der Waals surface area (Å²) in [5.74, 6) is 1.05. The number of carbonyl (C=O) groups is 2. The summed E-state index contributed by atoms with van der Waals surface area (Å²) >= 11 is 0. The van der Waals surface area contributed by atoms with E-state index in [-0.39, 0.29) is 11.6 Å². The van der Waals surface area contributed by atoms with Crippen LogP contribution >= 0.6 is 0 Å². The zero-order valence-electron chi connectivity index (χ0n) is 19.3. The van der Waals surface area contributed by atoms with Crippen molar-refractivity contribution in [1.82, 2.24) is 0 Å². The summed E-state index contributed by atoms with van der Waals surface area (Å²) in [5.41, 5.74) is 1.01. The van der Waals surface area contributed by atoms with E-state index in [0.717, 1.165) is 25.7 Å². The minimum absolute atomic E-state index is 0.107. The standard InChI is InChI=1S/C26H32O6/c1-17-18(2)26(28)20-10-12-22(30-4)24(16-20)32-14-8-6-5-7-13-31-23-15-19(25(17)27)9-11-21(23)29-3/h9-12,15-18H,5-8,13-14H2,1-4H3/t17-,18-/m0/s1. The van der Waals surface area contributed by atoms with Crippen molar-refractivity contribution in [3.63, 3.8) is 0 Å². The summed E-state index contributed by atoms with van der Waals surface area (Å²) in [6, 6.07) is 10.4. The second-order valence-electron chi connectivity index (χ2n) is 8.15. The molecule has 0 aromatic heterocycles. The summed E-state index contributed by atoms with van der Waals surface area (Å²) in [7, 11) is 3.16. The first kappa shape index (κ1) is 23.6. The van der Waals surface area contributed by atoms with Gasteiger partial charge in [0.1, 0.15) is 0 Å². The molecule has 172 valence electrons. The van der Waals surface area contributed by atoms with Crippen LogP contribution in [0.5, 0.6) is 23.0 Å². The van der Waals surface area contributed by atoms with Crippen LogP contribution < -0.4 is 18.9 Å². The highest BCUT2D eigenvalue weighted by Gasteiger charge is 2.29. The lowest BCUT2D eigenvalue weighted by molar-refractivity contribution is 0.0793. The van der Waals surface area contributed by atoms with Gasteiger partial charge in [-0.05, 0) is 62.1 Å². The van der Waals surface area contributed by atoms with Crippen LogP contribution in [-0.4, -0.2) is 39.0 Å². The van der Waals surface area contributed by atoms with Crippen molar-refractivity contribution in [2.75, 3.05) is 27.4 Å². The fourth-order valence-corrected chi connectivity index (χ4v) is 3.79. The third kappa shape index (κ3) is 5.42. The van der Waals surface area contributed by atoms with Crippen LogP contribution in [0.1, 0.15) is 60.2 Å². The minimum Gasteiger partial charge on any atom is -0.493 e. The summed E-state index contributed by atoms with van der Waals surface area (Å²) in [5, 5.41) is 0. The Bertz CT molecular complexity index is 874. The van der Waals surface area contributed by atoms with Gasteiger partial charge in [0.2, 0.25) is 0 Å². The summed E-state index contributed by atoms with van der Waals surface area (Å²) < 4.78 is 22.6. The molecule has 0 unspecified atom stereocenters. The van der Waals surface area contributed by atoms with E-state index >= 15 is 0 Å². The van der Waals surface area contributed by atoms with Crippen molar-refractivity contribution >= 4 is 11.6 Å². The van der Waals surface area contributed by atoms with Gasteiger partial charge in [0, 0.05) is 23.0 Å². The topological polar surface area (TPSA) is 71.1 Å². The molecule has 0 saturated heterocycles. The van der Waals surface area contributed by atoms with Crippen LogP contribution in [0, 0.1) is 11.8 Å². The second kappa shape index (κ2) is 11.0. The SMILES string of the molecule is COc1ccc2cc1OCCCCCCOc1cc(ccc1OC)C(=O)[C@@H](C)[C@H](C)C2=O. The predicted octanol–water partition coefficient (Wildman–Crippen LogP) is 5.37. The first-order valence-corrected chi connectivity index (χ1v) is 11.2. The van der Waals surface area contributed by atoms with Gasteiger partial charge in [0.05, 0.1) is 27.4 Å². The molecule has 1 aliphatic rings. The lowest BCUT2D eigenvalue weighted by Crippen LogP contribution is -2.26. The molecule has 2 aromatic carbocycles. The number of carbonyl (C=O) groups excluding carboxylic acids is 2. The molecule has 3 rings (SSSR count). The Morgan fingerprint density at radius 1 is 0.688 bits per heavy atom. The fraction of sp³-hybridized carbons (Fsp3) is 0.462. The van der Waals surface area contributed by atoms with Crippen LogP contribution in [0.2, 0.25) is 0 Å². The zero-order chi connectivity index (χ0) is 23.1. The monoisotopic (exact) mass is 440 g/mol. The van der Waals surface area contributed by atoms with Gasteiger partial charge >= 0.3 is 0 Å². The van der Waals surface area contributed by atoms with Crippen molar-refractivity contribution in [2.45, 2.75) is 39.5 Å². The van der Waals surface area contributed by atoms with Crippen molar-refractivity contribution < 1.29 is 28.5 Å². The van der Waals surface area contributed by atoms with Gasteiger partial charge in [-0.1, -0.05) is 13.8 Å². The Balaban J connectivity index is 1.93. The lowest BCUT2D eigenvalue weighted by Gasteiger charge is -2.20. The molecular weight excluding hydrogens is 408 g/mol. The molecule has 2 aromatic rings. The first-order valence-electron chi connectivity index (χ1n) is 11.2. The molecule has 32 heavy (non-hydrogen) atoms. The van der Waals surface area contributed by atoms with E-state index < -0.39 is 11.8 Å².